The molecular formula is C14H19N5OS. The van der Waals surface area contributed by atoms with Gasteiger partial charge in [-0.15, -0.1) is 0 Å². The molecule has 0 aliphatic rings. The van der Waals surface area contributed by atoms with Gasteiger partial charge < -0.3 is 10.3 Å². The van der Waals surface area contributed by atoms with Crippen molar-refractivity contribution in [3.05, 3.63) is 34.0 Å². The third-order valence-corrected chi connectivity index (χ3v) is 3.78. The molecule has 112 valence electrons. The van der Waals surface area contributed by atoms with Crippen molar-refractivity contribution < 1.29 is 0 Å². The highest BCUT2D eigenvalue weighted by molar-refractivity contribution is 7.99. The van der Waals surface area contributed by atoms with Crippen LogP contribution in [0.4, 0.5) is 5.82 Å². The monoisotopic (exact) mass is 305 g/mol. The van der Waals surface area contributed by atoms with Crippen LogP contribution in [0.3, 0.4) is 0 Å². The van der Waals surface area contributed by atoms with E-state index in [1.807, 2.05) is 0 Å². The number of nitrogens with zero attached hydrogens (tertiary/aromatic N) is 3. The summed E-state index contributed by atoms with van der Waals surface area (Å²) in [7, 11) is 0. The van der Waals surface area contributed by atoms with Crippen molar-refractivity contribution in [3.63, 3.8) is 0 Å². The molecule has 7 heteroatoms. The molecule has 0 spiro atoms. The molecule has 0 fully saturated rings. The number of aromatic amines is 1. The van der Waals surface area contributed by atoms with Crippen LogP contribution in [0.15, 0.2) is 27.4 Å². The van der Waals surface area contributed by atoms with Gasteiger partial charge in [-0.1, -0.05) is 13.8 Å². The Kier molecular flexibility index (Phi) is 5.32. The highest BCUT2D eigenvalue weighted by atomic mass is 32.2. The smallest absolute Gasteiger partial charge is 0.251 e. The van der Waals surface area contributed by atoms with E-state index in [0.717, 1.165) is 35.8 Å². The van der Waals surface area contributed by atoms with Crippen molar-refractivity contribution >= 4 is 17.6 Å². The maximum Gasteiger partial charge on any atom is 0.251 e. The normalized spacial score (nSPS) is 10.6. The Morgan fingerprint density at radius 2 is 2.14 bits per heavy atom. The molecule has 0 atom stereocenters. The molecule has 2 heterocycles. The van der Waals surface area contributed by atoms with E-state index >= 15 is 0 Å². The molecule has 2 aromatic rings. The number of nitrogens with one attached hydrogen (secondary N) is 2. The number of aryl methyl sites for hydroxylation is 1. The van der Waals surface area contributed by atoms with Crippen molar-refractivity contribution in [2.75, 3.05) is 11.9 Å². The minimum absolute atomic E-state index is 0.151. The maximum absolute atomic E-state index is 11.5. The Morgan fingerprint density at radius 3 is 2.81 bits per heavy atom. The first-order chi connectivity index (χ1) is 10.1. The average Bonchev–Trinajstić information content (AvgIpc) is 2.44. The van der Waals surface area contributed by atoms with Crippen molar-refractivity contribution in [3.8, 4) is 0 Å². The molecule has 21 heavy (non-hydrogen) atoms. The van der Waals surface area contributed by atoms with Gasteiger partial charge in [0.1, 0.15) is 17.2 Å². The standard InChI is InChI=1S/C14H19N5OS/c1-4-6-15-12-10(5-2)13(17-8-16-12)21-14-18-9(3)7-11(20)19-14/h7-8H,4-6H2,1-3H3,(H,15,16,17)(H,18,19,20). The van der Waals surface area contributed by atoms with Crippen LogP contribution in [0.5, 0.6) is 0 Å². The Bertz CT molecular complexity index is 671. The first-order valence-electron chi connectivity index (χ1n) is 6.97. The van der Waals surface area contributed by atoms with E-state index in [0.29, 0.717) is 10.9 Å². The van der Waals surface area contributed by atoms with E-state index < -0.39 is 0 Å². The Morgan fingerprint density at radius 1 is 1.33 bits per heavy atom. The van der Waals surface area contributed by atoms with Crippen molar-refractivity contribution in [2.45, 2.75) is 43.8 Å². The number of hydrogen-bond donors (Lipinski definition) is 2. The van der Waals surface area contributed by atoms with E-state index in [9.17, 15) is 4.79 Å². The van der Waals surface area contributed by atoms with Gasteiger partial charge in [-0.2, -0.15) is 0 Å². The van der Waals surface area contributed by atoms with Crippen LogP contribution in [-0.2, 0) is 6.42 Å². The van der Waals surface area contributed by atoms with Crippen LogP contribution < -0.4 is 10.9 Å². The molecule has 0 saturated heterocycles. The van der Waals surface area contributed by atoms with Crippen LogP contribution in [0.25, 0.3) is 0 Å². The van der Waals surface area contributed by atoms with E-state index in [1.165, 1.54) is 24.2 Å². The zero-order valence-electron chi connectivity index (χ0n) is 12.4. The minimum Gasteiger partial charge on any atom is -0.370 e. The first kappa shape index (κ1) is 15.5. The fraction of sp³-hybridized carbons (Fsp3) is 0.429. The highest BCUT2D eigenvalue weighted by Crippen LogP contribution is 2.29. The zero-order chi connectivity index (χ0) is 15.2. The van der Waals surface area contributed by atoms with Crippen molar-refractivity contribution in [1.29, 1.82) is 0 Å². The second-order valence-corrected chi connectivity index (χ2v) is 5.56. The summed E-state index contributed by atoms with van der Waals surface area (Å²) in [6, 6.07) is 1.47. The van der Waals surface area contributed by atoms with Gasteiger partial charge in [-0.3, -0.25) is 4.79 Å². The zero-order valence-corrected chi connectivity index (χ0v) is 13.3. The molecule has 0 aliphatic heterocycles. The van der Waals surface area contributed by atoms with Gasteiger partial charge in [0.2, 0.25) is 0 Å². The molecule has 0 aliphatic carbocycles. The van der Waals surface area contributed by atoms with Gasteiger partial charge in [0, 0.05) is 23.9 Å². The number of anilines is 1. The van der Waals surface area contributed by atoms with E-state index in [1.54, 1.807) is 6.92 Å². The van der Waals surface area contributed by atoms with Crippen LogP contribution in [0.1, 0.15) is 31.5 Å². The number of rotatable bonds is 6. The van der Waals surface area contributed by atoms with E-state index in [-0.39, 0.29) is 5.56 Å². The summed E-state index contributed by atoms with van der Waals surface area (Å²) in [6.45, 7) is 6.84. The first-order valence-corrected chi connectivity index (χ1v) is 7.79. The molecule has 0 saturated carbocycles. The van der Waals surface area contributed by atoms with Crippen molar-refractivity contribution in [1.82, 2.24) is 19.9 Å². The summed E-state index contributed by atoms with van der Waals surface area (Å²) >= 11 is 1.36. The average molecular weight is 305 g/mol. The third kappa shape index (κ3) is 4.04. The van der Waals surface area contributed by atoms with Crippen molar-refractivity contribution in [2.24, 2.45) is 0 Å². The van der Waals surface area contributed by atoms with Crippen LogP contribution >= 0.6 is 11.8 Å². The Hall–Kier alpha value is -1.89. The number of aromatic nitrogens is 4. The summed E-state index contributed by atoms with van der Waals surface area (Å²) in [5.41, 5.74) is 1.58. The van der Waals surface area contributed by atoms with Crippen LogP contribution in [-0.4, -0.2) is 26.5 Å². The maximum atomic E-state index is 11.5. The van der Waals surface area contributed by atoms with E-state index in [2.05, 4.69) is 39.1 Å². The highest BCUT2D eigenvalue weighted by Gasteiger charge is 2.12. The summed E-state index contributed by atoms with van der Waals surface area (Å²) in [6.07, 6.45) is 3.38. The fourth-order valence-electron chi connectivity index (χ4n) is 1.89. The van der Waals surface area contributed by atoms with Gasteiger partial charge in [0.05, 0.1) is 0 Å². The SMILES string of the molecule is CCCNc1ncnc(Sc2nc(C)cc(=O)[nH]2)c1CC. The lowest BCUT2D eigenvalue weighted by Crippen LogP contribution is -2.09. The summed E-state index contributed by atoms with van der Waals surface area (Å²) in [5, 5.41) is 4.68. The lowest BCUT2D eigenvalue weighted by Gasteiger charge is -2.12. The molecule has 6 nitrogen and oxygen atoms in total. The van der Waals surface area contributed by atoms with Crippen LogP contribution in [0, 0.1) is 6.92 Å². The molecule has 0 aromatic carbocycles. The molecule has 0 radical (unpaired) electrons. The fourth-order valence-corrected chi connectivity index (χ4v) is 2.88. The van der Waals surface area contributed by atoms with E-state index in [4.69, 9.17) is 0 Å². The summed E-state index contributed by atoms with van der Waals surface area (Å²) in [5.74, 6) is 0.854. The topological polar surface area (TPSA) is 83.6 Å². The Balaban J connectivity index is 2.32. The lowest BCUT2D eigenvalue weighted by atomic mass is 10.2. The molecule has 0 bridgehead atoms. The molecule has 2 rings (SSSR count). The predicted octanol–water partition coefficient (Wildman–Crippen LogP) is 2.40. The van der Waals surface area contributed by atoms with Gasteiger partial charge in [0.25, 0.3) is 5.56 Å². The summed E-state index contributed by atoms with van der Waals surface area (Å²) < 4.78 is 0. The number of H-pyrrole nitrogens is 1. The van der Waals surface area contributed by atoms with Gasteiger partial charge in [0.15, 0.2) is 5.16 Å². The molecule has 2 N–H and O–H groups in total. The second-order valence-electron chi connectivity index (χ2n) is 4.58. The molecule has 0 unspecified atom stereocenters. The number of hydrogen-bond acceptors (Lipinski definition) is 6. The second kappa shape index (κ2) is 7.21. The minimum atomic E-state index is -0.151. The lowest BCUT2D eigenvalue weighted by molar-refractivity contribution is 0.884. The molecular weight excluding hydrogens is 286 g/mol. The van der Waals surface area contributed by atoms with Crippen LogP contribution in [0.2, 0.25) is 0 Å². The quantitative estimate of drug-likeness (QED) is 0.630. The largest absolute Gasteiger partial charge is 0.370 e. The molecule has 2 aromatic heterocycles. The van der Waals surface area contributed by atoms with Gasteiger partial charge in [-0.25, -0.2) is 15.0 Å². The summed E-state index contributed by atoms with van der Waals surface area (Å²) in [4.78, 5) is 27.2. The predicted molar refractivity (Wildman–Crippen MR) is 83.9 cm³/mol. The van der Waals surface area contributed by atoms with Gasteiger partial charge in [-0.05, 0) is 31.5 Å². The third-order valence-electron chi connectivity index (χ3n) is 2.84. The Labute approximate surface area is 127 Å². The molecule has 0 amide bonds. The van der Waals surface area contributed by atoms with Gasteiger partial charge >= 0.3 is 0 Å².